The number of para-hydroxylation sites is 1. The van der Waals surface area contributed by atoms with Crippen LogP contribution in [0.2, 0.25) is 0 Å². The number of carbonyl (C=O) groups excluding carboxylic acids is 1. The molecule has 0 spiro atoms. The van der Waals surface area contributed by atoms with Crippen molar-refractivity contribution in [2.24, 2.45) is 10.1 Å². The van der Waals surface area contributed by atoms with Crippen molar-refractivity contribution in [3.05, 3.63) is 82.9 Å². The van der Waals surface area contributed by atoms with E-state index in [1.54, 1.807) is 17.2 Å². The smallest absolute Gasteiger partial charge is 0.262 e. The van der Waals surface area contributed by atoms with Crippen molar-refractivity contribution in [2.45, 2.75) is 0 Å². The molecule has 3 heterocycles. The Balaban J connectivity index is 1.62. The molecule has 2 aromatic carbocycles. The van der Waals surface area contributed by atoms with E-state index >= 15 is 0 Å². The molecule has 7 nitrogen and oxygen atoms in total. The van der Waals surface area contributed by atoms with Gasteiger partial charge in [-0.15, -0.1) is 11.3 Å². The molecule has 4 aromatic rings. The van der Waals surface area contributed by atoms with Crippen molar-refractivity contribution in [1.29, 1.82) is 0 Å². The fourth-order valence-corrected chi connectivity index (χ4v) is 3.88. The van der Waals surface area contributed by atoms with E-state index in [-0.39, 0.29) is 12.5 Å². The van der Waals surface area contributed by atoms with Crippen molar-refractivity contribution in [3.63, 3.8) is 0 Å². The summed E-state index contributed by atoms with van der Waals surface area (Å²) < 4.78 is 12.6. The molecule has 1 aliphatic rings. The summed E-state index contributed by atoms with van der Waals surface area (Å²) in [5.41, 5.74) is 3.18. The van der Waals surface area contributed by atoms with Gasteiger partial charge in [0.15, 0.2) is 6.61 Å². The lowest BCUT2D eigenvalue weighted by Gasteiger charge is -2.18. The summed E-state index contributed by atoms with van der Waals surface area (Å²) in [4.78, 5) is 17.1. The van der Waals surface area contributed by atoms with Crippen LogP contribution in [0.5, 0.6) is 5.75 Å². The van der Waals surface area contributed by atoms with Crippen molar-refractivity contribution in [1.82, 2.24) is 4.68 Å². The van der Waals surface area contributed by atoms with Gasteiger partial charge in [0.2, 0.25) is 4.80 Å². The standard InChI is InChI=1S/C22H16N4O3S/c27-21-13-29-20-9-8-15(11-18(20)25-21)19-14-30-22(24-16-5-2-1-3-6-16)26(19)23-12-17-7-4-10-28-17/h1-12,14H,13H2,(H,25,27). The Morgan fingerprint density at radius 3 is 2.83 bits per heavy atom. The maximum Gasteiger partial charge on any atom is 0.262 e. The van der Waals surface area contributed by atoms with Gasteiger partial charge in [-0.2, -0.15) is 5.10 Å². The van der Waals surface area contributed by atoms with Crippen LogP contribution < -0.4 is 14.9 Å². The molecule has 0 aliphatic carbocycles. The number of hydrogen-bond acceptors (Lipinski definition) is 6. The van der Waals surface area contributed by atoms with Gasteiger partial charge in [-0.25, -0.2) is 9.67 Å². The predicted octanol–water partition coefficient (Wildman–Crippen LogP) is 4.26. The normalized spacial score (nSPS) is 13.9. The van der Waals surface area contributed by atoms with Gasteiger partial charge in [0.25, 0.3) is 5.91 Å². The van der Waals surface area contributed by atoms with E-state index in [1.165, 1.54) is 11.3 Å². The van der Waals surface area contributed by atoms with Crippen molar-refractivity contribution >= 4 is 34.8 Å². The maximum atomic E-state index is 11.7. The van der Waals surface area contributed by atoms with Gasteiger partial charge in [0, 0.05) is 10.9 Å². The van der Waals surface area contributed by atoms with Crippen LogP contribution in [0.15, 0.2) is 86.8 Å². The Morgan fingerprint density at radius 2 is 2.00 bits per heavy atom. The van der Waals surface area contributed by atoms with Crippen LogP contribution in [0.1, 0.15) is 5.76 Å². The highest BCUT2D eigenvalue weighted by molar-refractivity contribution is 7.07. The first kappa shape index (κ1) is 18.1. The van der Waals surface area contributed by atoms with Crippen molar-refractivity contribution in [2.75, 3.05) is 11.9 Å². The fraction of sp³-hybridized carbons (Fsp3) is 0.0455. The van der Waals surface area contributed by atoms with E-state index in [0.29, 0.717) is 22.0 Å². The third kappa shape index (κ3) is 3.68. The largest absolute Gasteiger partial charge is 0.482 e. The van der Waals surface area contributed by atoms with Crippen molar-refractivity contribution < 1.29 is 13.9 Å². The molecule has 2 aromatic heterocycles. The lowest BCUT2D eigenvalue weighted by atomic mass is 10.1. The van der Waals surface area contributed by atoms with Gasteiger partial charge in [0.05, 0.1) is 29.5 Å². The quantitative estimate of drug-likeness (QED) is 0.505. The molecule has 0 saturated heterocycles. The molecule has 1 aliphatic heterocycles. The molecule has 0 unspecified atom stereocenters. The van der Waals surface area contributed by atoms with Gasteiger partial charge in [0.1, 0.15) is 11.5 Å². The zero-order chi connectivity index (χ0) is 20.3. The summed E-state index contributed by atoms with van der Waals surface area (Å²) in [5, 5.41) is 9.43. The second-order valence-electron chi connectivity index (χ2n) is 6.47. The molecule has 0 radical (unpaired) electrons. The summed E-state index contributed by atoms with van der Waals surface area (Å²) in [6.07, 6.45) is 3.24. The highest BCUT2D eigenvalue weighted by Gasteiger charge is 2.17. The van der Waals surface area contributed by atoms with Gasteiger partial charge in [-0.3, -0.25) is 4.79 Å². The monoisotopic (exact) mass is 416 g/mol. The second-order valence-corrected chi connectivity index (χ2v) is 7.31. The zero-order valence-electron chi connectivity index (χ0n) is 15.7. The van der Waals surface area contributed by atoms with Gasteiger partial charge in [-0.05, 0) is 42.5 Å². The van der Waals surface area contributed by atoms with E-state index in [9.17, 15) is 4.79 Å². The second kappa shape index (κ2) is 7.84. The highest BCUT2D eigenvalue weighted by atomic mass is 32.1. The number of benzene rings is 2. The molecule has 8 heteroatoms. The third-order valence-electron chi connectivity index (χ3n) is 4.42. The topological polar surface area (TPSA) is 81.1 Å². The summed E-state index contributed by atoms with van der Waals surface area (Å²) in [6, 6.07) is 19.0. The Labute approximate surface area is 175 Å². The molecule has 1 N–H and O–H groups in total. The van der Waals surface area contributed by atoms with Crippen LogP contribution in [0.25, 0.3) is 11.3 Å². The highest BCUT2D eigenvalue weighted by Crippen LogP contribution is 2.33. The molecule has 5 rings (SSSR count). The summed E-state index contributed by atoms with van der Waals surface area (Å²) in [7, 11) is 0. The molecule has 0 bridgehead atoms. The average Bonchev–Trinajstić information content (AvgIpc) is 3.42. The van der Waals surface area contributed by atoms with E-state index < -0.39 is 0 Å². The molecule has 30 heavy (non-hydrogen) atoms. The molecular weight excluding hydrogens is 400 g/mol. The number of aromatic nitrogens is 1. The van der Waals surface area contributed by atoms with E-state index in [0.717, 1.165) is 16.9 Å². The number of thiazole rings is 1. The lowest BCUT2D eigenvalue weighted by molar-refractivity contribution is -0.118. The predicted molar refractivity (Wildman–Crippen MR) is 115 cm³/mol. The first-order valence-electron chi connectivity index (χ1n) is 9.21. The van der Waals surface area contributed by atoms with Crippen LogP contribution in [0.3, 0.4) is 0 Å². The average molecular weight is 416 g/mol. The van der Waals surface area contributed by atoms with Crippen LogP contribution in [0.4, 0.5) is 11.4 Å². The number of amides is 1. The Kier molecular flexibility index (Phi) is 4.74. The first-order valence-corrected chi connectivity index (χ1v) is 10.1. The summed E-state index contributed by atoms with van der Waals surface area (Å²) >= 11 is 1.47. The number of hydrogen-bond donors (Lipinski definition) is 1. The summed E-state index contributed by atoms with van der Waals surface area (Å²) in [6.45, 7) is 0.0261. The number of carbonyl (C=O) groups is 1. The van der Waals surface area contributed by atoms with Crippen LogP contribution in [-0.4, -0.2) is 23.4 Å². The van der Waals surface area contributed by atoms with Crippen LogP contribution >= 0.6 is 11.3 Å². The van der Waals surface area contributed by atoms with Gasteiger partial charge in [-0.1, -0.05) is 18.2 Å². The zero-order valence-corrected chi connectivity index (χ0v) is 16.5. The van der Waals surface area contributed by atoms with Crippen LogP contribution in [0, 0.1) is 0 Å². The van der Waals surface area contributed by atoms with Gasteiger partial charge >= 0.3 is 0 Å². The number of furan rings is 1. The van der Waals surface area contributed by atoms with E-state index in [2.05, 4.69) is 10.4 Å². The molecular formula is C22H16N4O3S. The number of nitrogens with zero attached hydrogens (tertiary/aromatic N) is 3. The van der Waals surface area contributed by atoms with E-state index in [4.69, 9.17) is 14.1 Å². The number of nitrogens with one attached hydrogen (secondary N) is 1. The molecule has 148 valence electrons. The number of anilines is 1. The van der Waals surface area contributed by atoms with Crippen molar-refractivity contribution in [3.8, 4) is 17.0 Å². The Hall–Kier alpha value is -3.91. The minimum absolute atomic E-state index is 0.0261. The lowest BCUT2D eigenvalue weighted by Crippen LogP contribution is -2.25. The summed E-state index contributed by atoms with van der Waals surface area (Å²) in [5.74, 6) is 1.11. The minimum Gasteiger partial charge on any atom is -0.482 e. The van der Waals surface area contributed by atoms with E-state index in [1.807, 2.05) is 66.0 Å². The Morgan fingerprint density at radius 1 is 1.10 bits per heavy atom. The minimum atomic E-state index is -0.173. The Bertz CT molecular complexity index is 1290. The van der Waals surface area contributed by atoms with Gasteiger partial charge < -0.3 is 14.5 Å². The molecule has 0 atom stereocenters. The third-order valence-corrected chi connectivity index (χ3v) is 5.23. The SMILES string of the molecule is O=C1COc2ccc(-c3csc(=Nc4ccccc4)n3N=Cc3ccco3)cc2N1. The molecule has 1 amide bonds. The molecule has 0 saturated carbocycles. The number of ether oxygens (including phenoxy) is 1. The molecule has 0 fully saturated rings. The fourth-order valence-electron chi connectivity index (χ4n) is 3.02. The first-order chi connectivity index (χ1) is 14.8. The number of fused-ring (bicyclic) bond motifs is 1. The van der Waals surface area contributed by atoms with Crippen LogP contribution in [-0.2, 0) is 4.79 Å². The number of rotatable bonds is 4. The maximum absolute atomic E-state index is 11.7.